The third kappa shape index (κ3) is 2.13. The molecule has 1 heterocycles. The van der Waals surface area contributed by atoms with Crippen molar-refractivity contribution in [3.63, 3.8) is 0 Å². The zero-order valence-corrected chi connectivity index (χ0v) is 7.26. The van der Waals surface area contributed by atoms with Gasteiger partial charge in [-0.1, -0.05) is 0 Å². The Morgan fingerprint density at radius 1 is 1.64 bits per heavy atom. The molecule has 11 heavy (non-hydrogen) atoms. The van der Waals surface area contributed by atoms with Gasteiger partial charge in [0.2, 0.25) is 10.0 Å². The average molecular weight is 179 g/mol. The van der Waals surface area contributed by atoms with E-state index in [9.17, 15) is 8.42 Å². The maximum absolute atomic E-state index is 11.0. The molecule has 0 aromatic heterocycles. The molecule has 0 saturated carbocycles. The van der Waals surface area contributed by atoms with Crippen molar-refractivity contribution in [2.24, 2.45) is 5.84 Å². The molecule has 0 aromatic carbocycles. The molecular formula is C5H13N3O2S. The molecule has 1 aliphatic heterocycles. The maximum atomic E-state index is 11.0. The van der Waals surface area contributed by atoms with Gasteiger partial charge in [0, 0.05) is 19.1 Å². The zero-order valence-electron chi connectivity index (χ0n) is 6.45. The topological polar surface area (TPSA) is 75.4 Å². The van der Waals surface area contributed by atoms with Gasteiger partial charge >= 0.3 is 0 Å². The molecule has 1 aliphatic rings. The van der Waals surface area contributed by atoms with Crippen molar-refractivity contribution < 1.29 is 8.42 Å². The summed E-state index contributed by atoms with van der Waals surface area (Å²) in [6, 6.07) is 0.115. The van der Waals surface area contributed by atoms with E-state index in [2.05, 4.69) is 5.43 Å². The second kappa shape index (κ2) is 3.06. The Morgan fingerprint density at radius 2 is 2.27 bits per heavy atom. The van der Waals surface area contributed by atoms with Gasteiger partial charge in [0.1, 0.15) is 0 Å². The van der Waals surface area contributed by atoms with Gasteiger partial charge < -0.3 is 0 Å². The Bertz CT molecular complexity index is 226. The van der Waals surface area contributed by atoms with Crippen LogP contribution in [0.2, 0.25) is 0 Å². The van der Waals surface area contributed by atoms with Crippen LogP contribution in [0.1, 0.15) is 6.42 Å². The van der Waals surface area contributed by atoms with E-state index in [-0.39, 0.29) is 6.04 Å². The minimum atomic E-state index is -3.01. The molecule has 6 heteroatoms. The zero-order chi connectivity index (χ0) is 8.48. The van der Waals surface area contributed by atoms with Gasteiger partial charge in [0.15, 0.2) is 0 Å². The predicted molar refractivity (Wildman–Crippen MR) is 42.1 cm³/mol. The summed E-state index contributed by atoms with van der Waals surface area (Å²) in [5.41, 5.74) is 2.56. The smallest absolute Gasteiger partial charge is 0.211 e. The summed E-state index contributed by atoms with van der Waals surface area (Å²) in [7, 11) is -3.01. The number of nitrogens with zero attached hydrogens (tertiary/aromatic N) is 1. The van der Waals surface area contributed by atoms with Gasteiger partial charge in [0.25, 0.3) is 0 Å². The van der Waals surface area contributed by atoms with Crippen molar-refractivity contribution in [2.45, 2.75) is 12.5 Å². The number of nitrogens with two attached hydrogens (primary N) is 1. The van der Waals surface area contributed by atoms with E-state index in [1.165, 1.54) is 10.6 Å². The Labute approximate surface area is 66.6 Å². The first kappa shape index (κ1) is 8.92. The van der Waals surface area contributed by atoms with Crippen LogP contribution in [0.3, 0.4) is 0 Å². The number of sulfonamides is 1. The molecular weight excluding hydrogens is 166 g/mol. The number of hydrogen-bond donors (Lipinski definition) is 2. The minimum Gasteiger partial charge on any atom is -0.271 e. The summed E-state index contributed by atoms with van der Waals surface area (Å²) in [6.07, 6.45) is 2.01. The van der Waals surface area contributed by atoms with E-state index in [4.69, 9.17) is 5.84 Å². The minimum absolute atomic E-state index is 0.115. The van der Waals surface area contributed by atoms with Gasteiger partial charge in [-0.2, -0.15) is 0 Å². The van der Waals surface area contributed by atoms with Crippen LogP contribution in [-0.4, -0.2) is 38.1 Å². The van der Waals surface area contributed by atoms with Crippen molar-refractivity contribution in [3.8, 4) is 0 Å². The lowest BCUT2D eigenvalue weighted by Crippen LogP contribution is -2.38. The number of hydrogen-bond acceptors (Lipinski definition) is 4. The lowest BCUT2D eigenvalue weighted by molar-refractivity contribution is 0.464. The number of hydrazine groups is 1. The third-order valence-corrected chi connectivity index (χ3v) is 3.13. The second-order valence-electron chi connectivity index (χ2n) is 2.77. The number of nitrogens with one attached hydrogen (secondary N) is 1. The second-order valence-corrected chi connectivity index (χ2v) is 4.76. The quantitative estimate of drug-likeness (QED) is 0.399. The van der Waals surface area contributed by atoms with Crippen molar-refractivity contribution in [1.82, 2.24) is 9.73 Å². The summed E-state index contributed by atoms with van der Waals surface area (Å²) in [4.78, 5) is 0. The summed E-state index contributed by atoms with van der Waals surface area (Å²) < 4.78 is 23.3. The molecule has 3 N–H and O–H groups in total. The van der Waals surface area contributed by atoms with Crippen LogP contribution in [0.4, 0.5) is 0 Å². The molecule has 0 aromatic rings. The number of rotatable bonds is 2. The third-order valence-electron chi connectivity index (χ3n) is 1.86. The first-order chi connectivity index (χ1) is 5.04. The maximum Gasteiger partial charge on any atom is 0.211 e. The molecule has 1 saturated heterocycles. The summed E-state index contributed by atoms with van der Waals surface area (Å²) in [6.45, 7) is 1.07. The highest BCUT2D eigenvalue weighted by Crippen LogP contribution is 2.11. The van der Waals surface area contributed by atoms with Gasteiger partial charge in [-0.05, 0) is 6.42 Å². The van der Waals surface area contributed by atoms with Crippen LogP contribution in [0.5, 0.6) is 0 Å². The van der Waals surface area contributed by atoms with E-state index in [1.807, 2.05) is 0 Å². The lowest BCUT2D eigenvalue weighted by atomic mass is 10.3. The molecule has 0 spiro atoms. The average Bonchev–Trinajstić information content (AvgIpc) is 2.32. The highest BCUT2D eigenvalue weighted by molar-refractivity contribution is 7.88. The largest absolute Gasteiger partial charge is 0.271 e. The van der Waals surface area contributed by atoms with E-state index in [0.29, 0.717) is 13.1 Å². The fourth-order valence-electron chi connectivity index (χ4n) is 1.17. The Kier molecular flexibility index (Phi) is 2.48. The van der Waals surface area contributed by atoms with Crippen LogP contribution in [-0.2, 0) is 10.0 Å². The molecule has 0 bridgehead atoms. The summed E-state index contributed by atoms with van der Waals surface area (Å²) >= 11 is 0. The molecule has 0 aliphatic carbocycles. The van der Waals surface area contributed by atoms with Gasteiger partial charge in [-0.3, -0.25) is 11.3 Å². The molecule has 1 unspecified atom stereocenters. The molecule has 0 amide bonds. The summed E-state index contributed by atoms with van der Waals surface area (Å²) in [5, 5.41) is 0. The fourth-order valence-corrected chi connectivity index (χ4v) is 2.05. The van der Waals surface area contributed by atoms with E-state index < -0.39 is 10.0 Å². The van der Waals surface area contributed by atoms with Gasteiger partial charge in [-0.15, -0.1) is 0 Å². The highest BCUT2D eigenvalue weighted by atomic mass is 32.2. The molecule has 66 valence electrons. The first-order valence-corrected chi connectivity index (χ1v) is 5.30. The SMILES string of the molecule is CS(=O)(=O)N1CCC(NN)C1. The van der Waals surface area contributed by atoms with Crippen LogP contribution < -0.4 is 11.3 Å². The molecule has 1 fully saturated rings. The van der Waals surface area contributed by atoms with Crippen LogP contribution in [0.25, 0.3) is 0 Å². The Hall–Kier alpha value is -0.170. The van der Waals surface area contributed by atoms with Gasteiger partial charge in [-0.25, -0.2) is 12.7 Å². The van der Waals surface area contributed by atoms with Crippen molar-refractivity contribution in [1.29, 1.82) is 0 Å². The Morgan fingerprint density at radius 3 is 2.55 bits per heavy atom. The van der Waals surface area contributed by atoms with Crippen LogP contribution in [0, 0.1) is 0 Å². The van der Waals surface area contributed by atoms with Gasteiger partial charge in [0.05, 0.1) is 6.26 Å². The van der Waals surface area contributed by atoms with Crippen molar-refractivity contribution in [3.05, 3.63) is 0 Å². The monoisotopic (exact) mass is 179 g/mol. The van der Waals surface area contributed by atoms with E-state index >= 15 is 0 Å². The molecule has 1 atom stereocenters. The van der Waals surface area contributed by atoms with Crippen LogP contribution >= 0.6 is 0 Å². The summed E-state index contributed by atoms with van der Waals surface area (Å²) in [5.74, 6) is 5.17. The highest BCUT2D eigenvalue weighted by Gasteiger charge is 2.27. The molecule has 0 radical (unpaired) electrons. The molecule has 5 nitrogen and oxygen atoms in total. The van der Waals surface area contributed by atoms with E-state index in [0.717, 1.165) is 6.42 Å². The Balaban J connectivity index is 2.55. The van der Waals surface area contributed by atoms with Crippen molar-refractivity contribution >= 4 is 10.0 Å². The normalized spacial score (nSPS) is 27.6. The van der Waals surface area contributed by atoms with Crippen LogP contribution in [0.15, 0.2) is 0 Å². The van der Waals surface area contributed by atoms with Crippen molar-refractivity contribution in [2.75, 3.05) is 19.3 Å². The standard InChI is InChI=1S/C5H13N3O2S/c1-11(9,10)8-3-2-5(4-8)7-6/h5,7H,2-4,6H2,1H3. The molecule has 1 rings (SSSR count). The first-order valence-electron chi connectivity index (χ1n) is 3.45. The lowest BCUT2D eigenvalue weighted by Gasteiger charge is -2.12. The predicted octanol–water partition coefficient (Wildman–Crippen LogP) is -1.52. The fraction of sp³-hybridized carbons (Fsp3) is 1.00. The van der Waals surface area contributed by atoms with E-state index in [1.54, 1.807) is 0 Å².